The molecule has 2 aromatic rings. The maximum atomic E-state index is 11.9. The van der Waals surface area contributed by atoms with Crippen molar-refractivity contribution in [3.05, 3.63) is 46.8 Å². The standard InChI is InChI=1S/C13H15N3O2/c1-8-3-4-12(14)11(5-8)13(17)15-7-10-6-9(2)16-18-10/h3-6H,7,14H2,1-2H3,(H,15,17). The number of anilines is 1. The molecular formula is C13H15N3O2. The number of carbonyl (C=O) groups is 1. The lowest BCUT2D eigenvalue weighted by atomic mass is 10.1. The molecule has 0 radical (unpaired) electrons. The molecule has 5 heteroatoms. The highest BCUT2D eigenvalue weighted by atomic mass is 16.5. The van der Waals surface area contributed by atoms with E-state index in [1.807, 2.05) is 19.9 Å². The van der Waals surface area contributed by atoms with E-state index in [1.54, 1.807) is 18.2 Å². The molecule has 0 unspecified atom stereocenters. The van der Waals surface area contributed by atoms with Crippen LogP contribution in [0.4, 0.5) is 5.69 Å². The van der Waals surface area contributed by atoms with Gasteiger partial charge in [-0.05, 0) is 26.0 Å². The molecule has 0 aliphatic carbocycles. The van der Waals surface area contributed by atoms with Crippen LogP contribution in [-0.2, 0) is 6.54 Å². The molecule has 1 aromatic carbocycles. The van der Waals surface area contributed by atoms with Crippen molar-refractivity contribution in [2.24, 2.45) is 0 Å². The predicted octanol–water partition coefficient (Wildman–Crippen LogP) is 1.80. The summed E-state index contributed by atoms with van der Waals surface area (Å²) in [5, 5.41) is 6.49. The number of hydrogen-bond acceptors (Lipinski definition) is 4. The second-order valence-corrected chi connectivity index (χ2v) is 4.21. The number of nitrogens with zero attached hydrogens (tertiary/aromatic N) is 1. The van der Waals surface area contributed by atoms with Gasteiger partial charge in [0.2, 0.25) is 0 Å². The molecule has 0 fully saturated rings. The second kappa shape index (κ2) is 4.91. The third-order valence-electron chi connectivity index (χ3n) is 2.55. The minimum atomic E-state index is -0.217. The summed E-state index contributed by atoms with van der Waals surface area (Å²) in [5.41, 5.74) is 8.49. The Hall–Kier alpha value is -2.30. The fourth-order valence-corrected chi connectivity index (χ4v) is 1.63. The summed E-state index contributed by atoms with van der Waals surface area (Å²) >= 11 is 0. The Kier molecular flexibility index (Phi) is 3.32. The SMILES string of the molecule is Cc1ccc(N)c(C(=O)NCc2cc(C)no2)c1. The van der Waals surface area contributed by atoms with E-state index in [-0.39, 0.29) is 5.91 Å². The lowest BCUT2D eigenvalue weighted by Gasteiger charge is -2.06. The summed E-state index contributed by atoms with van der Waals surface area (Å²) in [6.45, 7) is 4.04. The zero-order valence-electron chi connectivity index (χ0n) is 10.4. The molecule has 1 heterocycles. The maximum Gasteiger partial charge on any atom is 0.253 e. The van der Waals surface area contributed by atoms with Crippen molar-refractivity contribution in [2.75, 3.05) is 5.73 Å². The summed E-state index contributed by atoms with van der Waals surface area (Å²) in [6.07, 6.45) is 0. The molecule has 0 atom stereocenters. The van der Waals surface area contributed by atoms with Gasteiger partial charge in [0, 0.05) is 11.8 Å². The fraction of sp³-hybridized carbons (Fsp3) is 0.231. The fourth-order valence-electron chi connectivity index (χ4n) is 1.63. The van der Waals surface area contributed by atoms with Crippen LogP contribution in [0.25, 0.3) is 0 Å². The molecule has 1 aromatic heterocycles. The topological polar surface area (TPSA) is 81.2 Å². The molecule has 0 saturated heterocycles. The molecule has 2 rings (SSSR count). The number of rotatable bonds is 3. The van der Waals surface area contributed by atoms with E-state index < -0.39 is 0 Å². The third kappa shape index (κ3) is 2.68. The quantitative estimate of drug-likeness (QED) is 0.808. The largest absolute Gasteiger partial charge is 0.398 e. The van der Waals surface area contributed by atoms with Crippen molar-refractivity contribution in [1.29, 1.82) is 0 Å². The van der Waals surface area contributed by atoms with E-state index in [1.165, 1.54) is 0 Å². The number of nitrogen functional groups attached to an aromatic ring is 1. The molecule has 0 aliphatic rings. The number of amides is 1. The molecule has 0 spiro atoms. The van der Waals surface area contributed by atoms with Crippen LogP contribution in [0.3, 0.4) is 0 Å². The molecule has 0 saturated carbocycles. The van der Waals surface area contributed by atoms with Crippen LogP contribution in [-0.4, -0.2) is 11.1 Å². The van der Waals surface area contributed by atoms with E-state index in [0.29, 0.717) is 23.6 Å². The first kappa shape index (κ1) is 12.2. The first-order valence-corrected chi connectivity index (χ1v) is 5.63. The molecule has 0 aliphatic heterocycles. The van der Waals surface area contributed by atoms with Gasteiger partial charge >= 0.3 is 0 Å². The zero-order chi connectivity index (χ0) is 13.1. The minimum Gasteiger partial charge on any atom is -0.398 e. The van der Waals surface area contributed by atoms with Gasteiger partial charge in [-0.1, -0.05) is 16.8 Å². The summed E-state index contributed by atoms with van der Waals surface area (Å²) in [7, 11) is 0. The molecule has 1 amide bonds. The number of aromatic nitrogens is 1. The number of aryl methyl sites for hydroxylation is 2. The number of nitrogens with two attached hydrogens (primary N) is 1. The molecule has 5 nitrogen and oxygen atoms in total. The lowest BCUT2D eigenvalue weighted by Crippen LogP contribution is -2.23. The highest BCUT2D eigenvalue weighted by Gasteiger charge is 2.10. The number of hydrogen-bond donors (Lipinski definition) is 2. The Labute approximate surface area is 105 Å². The van der Waals surface area contributed by atoms with E-state index in [4.69, 9.17) is 10.3 Å². The first-order valence-electron chi connectivity index (χ1n) is 5.63. The highest BCUT2D eigenvalue weighted by Crippen LogP contribution is 2.13. The Morgan fingerprint density at radius 2 is 2.17 bits per heavy atom. The normalized spacial score (nSPS) is 10.3. The summed E-state index contributed by atoms with van der Waals surface area (Å²) in [5.74, 6) is 0.400. The average Bonchev–Trinajstić information content (AvgIpc) is 2.75. The molecule has 0 bridgehead atoms. The van der Waals surface area contributed by atoms with Gasteiger partial charge in [-0.15, -0.1) is 0 Å². The van der Waals surface area contributed by atoms with Crippen LogP contribution >= 0.6 is 0 Å². The van der Waals surface area contributed by atoms with E-state index in [2.05, 4.69) is 10.5 Å². The third-order valence-corrected chi connectivity index (χ3v) is 2.55. The van der Waals surface area contributed by atoms with Gasteiger partial charge in [-0.3, -0.25) is 4.79 Å². The molecule has 18 heavy (non-hydrogen) atoms. The van der Waals surface area contributed by atoms with Gasteiger partial charge in [0.05, 0.1) is 17.8 Å². The maximum absolute atomic E-state index is 11.9. The van der Waals surface area contributed by atoms with Gasteiger partial charge < -0.3 is 15.6 Å². The molecular weight excluding hydrogens is 230 g/mol. The van der Waals surface area contributed by atoms with Gasteiger partial charge in [0.1, 0.15) is 0 Å². The van der Waals surface area contributed by atoms with Gasteiger partial charge in [0.25, 0.3) is 5.91 Å². The van der Waals surface area contributed by atoms with E-state index in [9.17, 15) is 4.79 Å². The van der Waals surface area contributed by atoms with Crippen molar-refractivity contribution < 1.29 is 9.32 Å². The van der Waals surface area contributed by atoms with Crippen LogP contribution in [0.1, 0.15) is 27.4 Å². The average molecular weight is 245 g/mol. The number of nitrogens with one attached hydrogen (secondary N) is 1. The van der Waals surface area contributed by atoms with E-state index in [0.717, 1.165) is 11.3 Å². The Balaban J connectivity index is 2.05. The van der Waals surface area contributed by atoms with E-state index >= 15 is 0 Å². The van der Waals surface area contributed by atoms with Gasteiger partial charge in [0.15, 0.2) is 5.76 Å². The summed E-state index contributed by atoms with van der Waals surface area (Å²) in [6, 6.07) is 7.13. The highest BCUT2D eigenvalue weighted by molar-refractivity contribution is 5.99. The Bertz CT molecular complexity index is 575. The Morgan fingerprint density at radius 3 is 2.83 bits per heavy atom. The minimum absolute atomic E-state index is 0.217. The Morgan fingerprint density at radius 1 is 1.39 bits per heavy atom. The zero-order valence-corrected chi connectivity index (χ0v) is 10.4. The van der Waals surface area contributed by atoms with Crippen molar-refractivity contribution in [3.63, 3.8) is 0 Å². The monoisotopic (exact) mass is 245 g/mol. The number of carbonyl (C=O) groups excluding carboxylic acids is 1. The van der Waals surface area contributed by atoms with Crippen LogP contribution in [0.2, 0.25) is 0 Å². The van der Waals surface area contributed by atoms with Crippen LogP contribution in [0, 0.1) is 13.8 Å². The smallest absolute Gasteiger partial charge is 0.253 e. The van der Waals surface area contributed by atoms with Crippen LogP contribution in [0.15, 0.2) is 28.8 Å². The van der Waals surface area contributed by atoms with Crippen molar-refractivity contribution in [1.82, 2.24) is 10.5 Å². The lowest BCUT2D eigenvalue weighted by molar-refractivity contribution is 0.0948. The predicted molar refractivity (Wildman–Crippen MR) is 68.0 cm³/mol. The van der Waals surface area contributed by atoms with Crippen molar-refractivity contribution >= 4 is 11.6 Å². The van der Waals surface area contributed by atoms with Gasteiger partial charge in [-0.25, -0.2) is 0 Å². The molecule has 3 N–H and O–H groups in total. The van der Waals surface area contributed by atoms with Crippen molar-refractivity contribution in [3.8, 4) is 0 Å². The second-order valence-electron chi connectivity index (χ2n) is 4.21. The number of benzene rings is 1. The summed E-state index contributed by atoms with van der Waals surface area (Å²) < 4.78 is 5.01. The van der Waals surface area contributed by atoms with Crippen LogP contribution < -0.4 is 11.1 Å². The van der Waals surface area contributed by atoms with Crippen LogP contribution in [0.5, 0.6) is 0 Å². The van der Waals surface area contributed by atoms with Gasteiger partial charge in [-0.2, -0.15) is 0 Å². The summed E-state index contributed by atoms with van der Waals surface area (Å²) in [4.78, 5) is 11.9. The first-order chi connectivity index (χ1) is 8.56. The molecule has 94 valence electrons. The van der Waals surface area contributed by atoms with Crippen molar-refractivity contribution in [2.45, 2.75) is 20.4 Å².